The first-order valence-electron chi connectivity index (χ1n) is 6.16. The first-order chi connectivity index (χ1) is 9.16. The highest BCUT2D eigenvalue weighted by Gasteiger charge is 2.15. The molecule has 0 aliphatic carbocycles. The van der Waals surface area contributed by atoms with Crippen molar-refractivity contribution in [3.8, 4) is 0 Å². The third-order valence-electron chi connectivity index (χ3n) is 2.91. The van der Waals surface area contributed by atoms with Crippen molar-refractivity contribution >= 4 is 23.2 Å². The lowest BCUT2D eigenvalue weighted by Crippen LogP contribution is -2.48. The standard InChI is InChI=1S/C12H17N3O3S/c1-8-10(4-6-17-8)11(16)14-15-12(19)13-7-9-3-2-5-18-9/h4,6,9H,2-3,5,7H2,1H3,(H,14,16)(H2,13,15,19). The Balaban J connectivity index is 1.68. The molecule has 1 aromatic rings. The van der Waals surface area contributed by atoms with Gasteiger partial charge in [-0.25, -0.2) is 0 Å². The monoisotopic (exact) mass is 283 g/mol. The van der Waals surface area contributed by atoms with E-state index >= 15 is 0 Å². The van der Waals surface area contributed by atoms with Gasteiger partial charge >= 0.3 is 0 Å². The number of nitrogens with one attached hydrogen (secondary N) is 3. The summed E-state index contributed by atoms with van der Waals surface area (Å²) in [6.07, 6.45) is 3.80. The van der Waals surface area contributed by atoms with Crippen LogP contribution in [0.25, 0.3) is 0 Å². The summed E-state index contributed by atoms with van der Waals surface area (Å²) in [6.45, 7) is 3.18. The van der Waals surface area contributed by atoms with Crippen LogP contribution in [0, 0.1) is 6.92 Å². The molecule has 1 atom stereocenters. The average molecular weight is 283 g/mol. The summed E-state index contributed by atoms with van der Waals surface area (Å²) in [6, 6.07) is 1.61. The first kappa shape index (κ1) is 13.8. The average Bonchev–Trinajstić information content (AvgIpc) is 3.04. The minimum atomic E-state index is -0.285. The highest BCUT2D eigenvalue weighted by Crippen LogP contribution is 2.10. The van der Waals surface area contributed by atoms with Crippen LogP contribution in [0.3, 0.4) is 0 Å². The molecular weight excluding hydrogens is 266 g/mol. The summed E-state index contributed by atoms with van der Waals surface area (Å²) in [5, 5.41) is 3.36. The number of aryl methyl sites for hydroxylation is 1. The van der Waals surface area contributed by atoms with Gasteiger partial charge in [0.2, 0.25) is 0 Å². The number of rotatable bonds is 3. The van der Waals surface area contributed by atoms with Gasteiger partial charge < -0.3 is 14.5 Å². The lowest BCUT2D eigenvalue weighted by molar-refractivity contribution is 0.0941. The molecule has 1 aliphatic heterocycles. The summed E-state index contributed by atoms with van der Waals surface area (Å²) < 4.78 is 10.5. The molecule has 3 N–H and O–H groups in total. The molecular formula is C12H17N3O3S. The fraction of sp³-hybridized carbons (Fsp3) is 0.500. The highest BCUT2D eigenvalue weighted by molar-refractivity contribution is 7.80. The van der Waals surface area contributed by atoms with Gasteiger partial charge in [0.15, 0.2) is 5.11 Å². The normalized spacial score (nSPS) is 18.1. The van der Waals surface area contributed by atoms with E-state index in [1.807, 2.05) is 0 Å². The van der Waals surface area contributed by atoms with E-state index < -0.39 is 0 Å². The highest BCUT2D eigenvalue weighted by atomic mass is 32.1. The van der Waals surface area contributed by atoms with Crippen LogP contribution >= 0.6 is 12.2 Å². The number of hydrogen-bond donors (Lipinski definition) is 3. The van der Waals surface area contributed by atoms with E-state index in [0.717, 1.165) is 19.4 Å². The fourth-order valence-corrected chi connectivity index (χ4v) is 1.99. The largest absolute Gasteiger partial charge is 0.469 e. The smallest absolute Gasteiger partial charge is 0.273 e. The molecule has 0 aromatic carbocycles. The van der Waals surface area contributed by atoms with Crippen LogP contribution in [0.2, 0.25) is 0 Å². The van der Waals surface area contributed by atoms with Gasteiger partial charge in [0.05, 0.1) is 17.9 Å². The van der Waals surface area contributed by atoms with Gasteiger partial charge in [0, 0.05) is 13.2 Å². The van der Waals surface area contributed by atoms with Crippen LogP contribution in [0.5, 0.6) is 0 Å². The second-order valence-corrected chi connectivity index (χ2v) is 4.72. The van der Waals surface area contributed by atoms with Crippen molar-refractivity contribution in [1.82, 2.24) is 16.2 Å². The van der Waals surface area contributed by atoms with Gasteiger partial charge in [0.1, 0.15) is 5.76 Å². The zero-order valence-corrected chi connectivity index (χ0v) is 11.5. The number of carbonyl (C=O) groups is 1. The second kappa shape index (κ2) is 6.53. The summed E-state index contributed by atoms with van der Waals surface area (Å²) in [7, 11) is 0. The maximum Gasteiger partial charge on any atom is 0.273 e. The molecule has 1 saturated heterocycles. The zero-order valence-electron chi connectivity index (χ0n) is 10.7. The Labute approximate surface area is 116 Å². The minimum Gasteiger partial charge on any atom is -0.469 e. The third-order valence-corrected chi connectivity index (χ3v) is 3.15. The van der Waals surface area contributed by atoms with Crippen molar-refractivity contribution in [3.63, 3.8) is 0 Å². The van der Waals surface area contributed by atoms with Crippen molar-refractivity contribution in [1.29, 1.82) is 0 Å². The maximum atomic E-state index is 11.7. The number of furan rings is 1. The van der Waals surface area contributed by atoms with Crippen LogP contribution in [-0.2, 0) is 4.74 Å². The van der Waals surface area contributed by atoms with Gasteiger partial charge in [-0.3, -0.25) is 15.6 Å². The number of ether oxygens (including phenoxy) is 1. The van der Waals surface area contributed by atoms with Crippen molar-refractivity contribution in [2.45, 2.75) is 25.9 Å². The van der Waals surface area contributed by atoms with E-state index in [1.165, 1.54) is 6.26 Å². The van der Waals surface area contributed by atoms with Gasteiger partial charge in [-0.1, -0.05) is 0 Å². The summed E-state index contributed by atoms with van der Waals surface area (Å²) in [5.74, 6) is 0.282. The number of thiocarbonyl (C=S) groups is 1. The second-order valence-electron chi connectivity index (χ2n) is 4.31. The van der Waals surface area contributed by atoms with Gasteiger partial charge in [-0.2, -0.15) is 0 Å². The van der Waals surface area contributed by atoms with Gasteiger partial charge in [-0.05, 0) is 38.0 Å². The Hall–Kier alpha value is -1.60. The molecule has 19 heavy (non-hydrogen) atoms. The molecule has 2 heterocycles. The maximum absolute atomic E-state index is 11.7. The number of amides is 1. The SMILES string of the molecule is Cc1occc1C(=O)NNC(=S)NCC1CCCO1. The summed E-state index contributed by atoms with van der Waals surface area (Å²) in [5.41, 5.74) is 5.63. The van der Waals surface area contributed by atoms with E-state index in [0.29, 0.717) is 23.0 Å². The van der Waals surface area contributed by atoms with Crippen LogP contribution in [0.1, 0.15) is 29.0 Å². The van der Waals surface area contributed by atoms with Crippen LogP contribution < -0.4 is 16.2 Å². The molecule has 0 bridgehead atoms. The number of hydrogen-bond acceptors (Lipinski definition) is 4. The number of hydrazine groups is 1. The van der Waals surface area contributed by atoms with E-state index in [-0.39, 0.29) is 12.0 Å². The van der Waals surface area contributed by atoms with E-state index in [4.69, 9.17) is 21.4 Å². The third kappa shape index (κ3) is 3.93. The lowest BCUT2D eigenvalue weighted by Gasteiger charge is -2.14. The van der Waals surface area contributed by atoms with Crippen LogP contribution in [0.4, 0.5) is 0 Å². The molecule has 0 radical (unpaired) electrons. The Bertz CT molecular complexity index is 455. The molecule has 1 fully saturated rings. The number of carbonyl (C=O) groups excluding carboxylic acids is 1. The topological polar surface area (TPSA) is 75.5 Å². The van der Waals surface area contributed by atoms with Crippen molar-refractivity contribution in [2.24, 2.45) is 0 Å². The minimum absolute atomic E-state index is 0.201. The van der Waals surface area contributed by atoms with Gasteiger partial charge in [-0.15, -0.1) is 0 Å². The summed E-state index contributed by atoms with van der Waals surface area (Å²) in [4.78, 5) is 11.7. The molecule has 6 nitrogen and oxygen atoms in total. The molecule has 104 valence electrons. The Morgan fingerprint density at radius 3 is 3.00 bits per heavy atom. The van der Waals surface area contributed by atoms with Gasteiger partial charge in [0.25, 0.3) is 5.91 Å². The molecule has 0 saturated carbocycles. The van der Waals surface area contributed by atoms with Crippen molar-refractivity contribution in [3.05, 3.63) is 23.7 Å². The molecule has 1 amide bonds. The molecule has 1 aromatic heterocycles. The van der Waals surface area contributed by atoms with Crippen LogP contribution in [-0.4, -0.2) is 30.3 Å². The van der Waals surface area contributed by atoms with Crippen molar-refractivity contribution < 1.29 is 13.9 Å². The van der Waals surface area contributed by atoms with Crippen molar-refractivity contribution in [2.75, 3.05) is 13.2 Å². The lowest BCUT2D eigenvalue weighted by atomic mass is 10.2. The Kier molecular flexibility index (Phi) is 4.75. The molecule has 2 rings (SSSR count). The Morgan fingerprint density at radius 1 is 1.53 bits per heavy atom. The fourth-order valence-electron chi connectivity index (χ4n) is 1.86. The molecule has 1 unspecified atom stereocenters. The van der Waals surface area contributed by atoms with Crippen LogP contribution in [0.15, 0.2) is 16.7 Å². The predicted molar refractivity (Wildman–Crippen MR) is 73.6 cm³/mol. The molecule has 0 spiro atoms. The Morgan fingerprint density at radius 2 is 2.37 bits per heavy atom. The van der Waals surface area contributed by atoms with E-state index in [2.05, 4.69) is 16.2 Å². The first-order valence-corrected chi connectivity index (χ1v) is 6.57. The quantitative estimate of drug-likeness (QED) is 0.565. The molecule has 7 heteroatoms. The molecule has 1 aliphatic rings. The summed E-state index contributed by atoms with van der Waals surface area (Å²) >= 11 is 5.05. The van der Waals surface area contributed by atoms with E-state index in [9.17, 15) is 4.79 Å². The predicted octanol–water partition coefficient (Wildman–Crippen LogP) is 0.876. The zero-order chi connectivity index (χ0) is 13.7. The van der Waals surface area contributed by atoms with E-state index in [1.54, 1.807) is 13.0 Å².